The molecule has 1 N–H and O–H groups in total. The molecular formula is C17H15ClO4. The molecule has 0 amide bonds. The molecule has 4 nitrogen and oxygen atoms in total. The van der Waals surface area contributed by atoms with E-state index in [1.807, 2.05) is 18.2 Å². The maximum atomic E-state index is 10.6. The van der Waals surface area contributed by atoms with Crippen LogP contribution in [0.3, 0.4) is 0 Å². The summed E-state index contributed by atoms with van der Waals surface area (Å²) in [6.45, 7) is 0.266. The lowest BCUT2D eigenvalue weighted by molar-refractivity contribution is -0.131. The molecule has 0 heterocycles. The normalized spacial score (nSPS) is 10.6. The zero-order valence-corrected chi connectivity index (χ0v) is 12.7. The smallest absolute Gasteiger partial charge is 0.328 e. The zero-order chi connectivity index (χ0) is 15.9. The second-order valence-electron chi connectivity index (χ2n) is 4.46. The number of carbonyl (C=O) groups is 1. The van der Waals surface area contributed by atoms with Crippen molar-refractivity contribution in [2.45, 2.75) is 6.61 Å². The maximum absolute atomic E-state index is 10.6. The van der Waals surface area contributed by atoms with Crippen LogP contribution >= 0.6 is 11.6 Å². The lowest BCUT2D eigenvalue weighted by Crippen LogP contribution is -1.99. The van der Waals surface area contributed by atoms with Crippen LogP contribution in [0.1, 0.15) is 11.1 Å². The van der Waals surface area contributed by atoms with Gasteiger partial charge in [-0.15, -0.1) is 0 Å². The number of methoxy groups -OCH3 is 1. The molecular weight excluding hydrogens is 304 g/mol. The number of aliphatic carboxylic acids is 1. The van der Waals surface area contributed by atoms with Gasteiger partial charge in [0, 0.05) is 11.6 Å². The number of ether oxygens (including phenoxy) is 2. The average Bonchev–Trinajstić information content (AvgIpc) is 2.52. The molecule has 0 bridgehead atoms. The summed E-state index contributed by atoms with van der Waals surface area (Å²) in [5.74, 6) is 0.252. The Balaban J connectivity index is 2.19. The van der Waals surface area contributed by atoms with E-state index in [0.29, 0.717) is 16.5 Å². The van der Waals surface area contributed by atoms with Crippen molar-refractivity contribution in [3.63, 3.8) is 0 Å². The van der Waals surface area contributed by atoms with E-state index in [2.05, 4.69) is 0 Å². The van der Waals surface area contributed by atoms with Crippen molar-refractivity contribution in [3.05, 3.63) is 64.7 Å². The third kappa shape index (κ3) is 4.27. The third-order valence-corrected chi connectivity index (χ3v) is 3.25. The highest BCUT2D eigenvalue weighted by atomic mass is 35.5. The molecule has 0 atom stereocenters. The Kier molecular flexibility index (Phi) is 5.44. The lowest BCUT2D eigenvalue weighted by atomic mass is 10.1. The molecule has 5 heteroatoms. The molecule has 0 aliphatic heterocycles. The standard InChI is InChI=1S/C17H15ClO4/c1-21-15-8-6-12(7-9-17(19)20)10-13(15)11-22-16-5-3-2-4-14(16)18/h2-10H,11H2,1H3,(H,19,20). The summed E-state index contributed by atoms with van der Waals surface area (Å²) in [6, 6.07) is 12.6. The Labute approximate surface area is 133 Å². The van der Waals surface area contributed by atoms with Crippen LogP contribution in [0.4, 0.5) is 0 Å². The summed E-state index contributed by atoms with van der Waals surface area (Å²) in [4.78, 5) is 10.6. The predicted molar refractivity (Wildman–Crippen MR) is 85.4 cm³/mol. The first-order chi connectivity index (χ1) is 10.6. The second-order valence-corrected chi connectivity index (χ2v) is 4.87. The Morgan fingerprint density at radius 3 is 2.68 bits per heavy atom. The summed E-state index contributed by atoms with van der Waals surface area (Å²) in [7, 11) is 1.57. The summed E-state index contributed by atoms with van der Waals surface area (Å²) in [6.07, 6.45) is 2.60. The van der Waals surface area contributed by atoms with E-state index in [1.54, 1.807) is 31.4 Å². The Morgan fingerprint density at radius 1 is 1.23 bits per heavy atom. The number of halogens is 1. The minimum Gasteiger partial charge on any atom is -0.496 e. The second kappa shape index (κ2) is 7.52. The molecule has 0 aromatic heterocycles. The molecule has 0 aliphatic rings. The molecule has 0 radical (unpaired) electrons. The van der Waals surface area contributed by atoms with Gasteiger partial charge in [-0.2, -0.15) is 0 Å². The fourth-order valence-corrected chi connectivity index (χ4v) is 2.09. The van der Waals surface area contributed by atoms with Crippen molar-refractivity contribution in [2.75, 3.05) is 7.11 Å². The molecule has 2 aromatic carbocycles. The maximum Gasteiger partial charge on any atom is 0.328 e. The van der Waals surface area contributed by atoms with Gasteiger partial charge in [-0.1, -0.05) is 29.8 Å². The average molecular weight is 319 g/mol. The molecule has 0 saturated carbocycles. The lowest BCUT2D eigenvalue weighted by Gasteiger charge is -2.12. The molecule has 0 unspecified atom stereocenters. The van der Waals surface area contributed by atoms with Gasteiger partial charge >= 0.3 is 5.97 Å². The van der Waals surface area contributed by atoms with E-state index in [4.69, 9.17) is 26.2 Å². The van der Waals surface area contributed by atoms with Crippen LogP contribution in [-0.2, 0) is 11.4 Å². The highest BCUT2D eigenvalue weighted by Gasteiger charge is 2.06. The highest BCUT2D eigenvalue weighted by molar-refractivity contribution is 6.32. The van der Waals surface area contributed by atoms with Crippen molar-refractivity contribution < 1.29 is 19.4 Å². The first-order valence-corrected chi connectivity index (χ1v) is 6.93. The molecule has 2 rings (SSSR count). The van der Waals surface area contributed by atoms with Gasteiger partial charge in [0.15, 0.2) is 0 Å². The van der Waals surface area contributed by atoms with E-state index in [-0.39, 0.29) is 6.61 Å². The van der Waals surface area contributed by atoms with E-state index in [9.17, 15) is 4.79 Å². The minimum absolute atomic E-state index is 0.266. The number of benzene rings is 2. The molecule has 0 saturated heterocycles. The number of carboxylic acids is 1. The SMILES string of the molecule is COc1ccc(C=CC(=O)O)cc1COc1ccccc1Cl. The Morgan fingerprint density at radius 2 is 2.00 bits per heavy atom. The quantitative estimate of drug-likeness (QED) is 0.817. The van der Waals surface area contributed by atoms with Gasteiger partial charge in [0.1, 0.15) is 18.1 Å². The van der Waals surface area contributed by atoms with E-state index < -0.39 is 5.97 Å². The van der Waals surface area contributed by atoms with Gasteiger partial charge < -0.3 is 14.6 Å². The molecule has 114 valence electrons. The molecule has 0 spiro atoms. The van der Waals surface area contributed by atoms with Gasteiger partial charge in [0.25, 0.3) is 0 Å². The van der Waals surface area contributed by atoms with Crippen LogP contribution in [0.25, 0.3) is 6.08 Å². The number of hydrogen-bond donors (Lipinski definition) is 1. The fraction of sp³-hybridized carbons (Fsp3) is 0.118. The van der Waals surface area contributed by atoms with Gasteiger partial charge in [0.2, 0.25) is 0 Å². The van der Waals surface area contributed by atoms with Crippen LogP contribution in [0.5, 0.6) is 11.5 Å². The van der Waals surface area contributed by atoms with Gasteiger partial charge in [0.05, 0.1) is 12.1 Å². The molecule has 2 aromatic rings. The van der Waals surface area contributed by atoms with E-state index in [0.717, 1.165) is 17.2 Å². The van der Waals surface area contributed by atoms with Crippen molar-refractivity contribution in [1.82, 2.24) is 0 Å². The van der Waals surface area contributed by atoms with Crippen LogP contribution in [0.15, 0.2) is 48.5 Å². The Hall–Kier alpha value is -2.46. The van der Waals surface area contributed by atoms with Crippen LogP contribution in [-0.4, -0.2) is 18.2 Å². The molecule has 0 aliphatic carbocycles. The van der Waals surface area contributed by atoms with Crippen LogP contribution in [0.2, 0.25) is 5.02 Å². The fourth-order valence-electron chi connectivity index (χ4n) is 1.90. The van der Waals surface area contributed by atoms with E-state index >= 15 is 0 Å². The van der Waals surface area contributed by atoms with Gasteiger partial charge in [-0.3, -0.25) is 0 Å². The van der Waals surface area contributed by atoms with Crippen molar-refractivity contribution in [1.29, 1.82) is 0 Å². The first-order valence-electron chi connectivity index (χ1n) is 6.55. The Bertz CT molecular complexity index is 695. The summed E-state index contributed by atoms with van der Waals surface area (Å²) < 4.78 is 11.0. The van der Waals surface area contributed by atoms with E-state index in [1.165, 1.54) is 6.08 Å². The number of para-hydroxylation sites is 1. The summed E-state index contributed by atoms with van der Waals surface area (Å²) in [5.41, 5.74) is 1.55. The number of rotatable bonds is 6. The van der Waals surface area contributed by atoms with Crippen LogP contribution in [0, 0.1) is 0 Å². The highest BCUT2D eigenvalue weighted by Crippen LogP contribution is 2.27. The van der Waals surface area contributed by atoms with Gasteiger partial charge in [-0.25, -0.2) is 4.79 Å². The third-order valence-electron chi connectivity index (χ3n) is 2.94. The van der Waals surface area contributed by atoms with Crippen molar-refractivity contribution in [2.24, 2.45) is 0 Å². The van der Waals surface area contributed by atoms with Gasteiger partial charge in [-0.05, 0) is 35.9 Å². The zero-order valence-electron chi connectivity index (χ0n) is 12.0. The number of hydrogen-bond acceptors (Lipinski definition) is 3. The first kappa shape index (κ1) is 15.9. The van der Waals surface area contributed by atoms with Crippen molar-refractivity contribution >= 4 is 23.6 Å². The minimum atomic E-state index is -0.996. The van der Waals surface area contributed by atoms with Crippen molar-refractivity contribution in [3.8, 4) is 11.5 Å². The molecule has 0 fully saturated rings. The monoisotopic (exact) mass is 318 g/mol. The number of carboxylic acid groups (broad SMARTS) is 1. The summed E-state index contributed by atoms with van der Waals surface area (Å²) >= 11 is 6.05. The predicted octanol–water partition coefficient (Wildman–Crippen LogP) is 4.03. The topological polar surface area (TPSA) is 55.8 Å². The largest absolute Gasteiger partial charge is 0.496 e. The summed E-state index contributed by atoms with van der Waals surface area (Å²) in [5, 5.41) is 9.21. The molecule has 22 heavy (non-hydrogen) atoms. The van der Waals surface area contributed by atoms with Crippen LogP contribution < -0.4 is 9.47 Å².